The van der Waals surface area contributed by atoms with Crippen LogP contribution in [0.2, 0.25) is 0 Å². The molecule has 2 heterocycles. The molecule has 6 heteroatoms. The van der Waals surface area contributed by atoms with Gasteiger partial charge < -0.3 is 10.2 Å². The Labute approximate surface area is 133 Å². The fourth-order valence-corrected chi connectivity index (χ4v) is 2.63. The molecule has 1 aromatic carbocycles. The Morgan fingerprint density at radius 2 is 2.17 bits per heavy atom. The van der Waals surface area contributed by atoms with Crippen LogP contribution in [0.3, 0.4) is 0 Å². The molecule has 0 spiro atoms. The van der Waals surface area contributed by atoms with Crippen molar-refractivity contribution in [3.05, 3.63) is 65.7 Å². The molecule has 5 nitrogen and oxygen atoms in total. The van der Waals surface area contributed by atoms with Gasteiger partial charge in [-0.2, -0.15) is 0 Å². The molecule has 3 rings (SSSR count). The van der Waals surface area contributed by atoms with E-state index in [2.05, 4.69) is 10.3 Å². The van der Waals surface area contributed by atoms with Crippen LogP contribution in [-0.4, -0.2) is 34.3 Å². The van der Waals surface area contributed by atoms with Gasteiger partial charge in [0.2, 0.25) is 5.91 Å². The van der Waals surface area contributed by atoms with E-state index in [1.165, 1.54) is 12.1 Å². The second-order valence-corrected chi connectivity index (χ2v) is 5.49. The number of hydrogen-bond acceptors (Lipinski definition) is 3. The highest BCUT2D eigenvalue weighted by Gasteiger charge is 2.30. The number of nitrogens with one attached hydrogen (secondary N) is 1. The summed E-state index contributed by atoms with van der Waals surface area (Å²) in [6.07, 6.45) is 1.79. The Hall–Kier alpha value is -2.76. The summed E-state index contributed by atoms with van der Waals surface area (Å²) in [5.41, 5.74) is 1.05. The van der Waals surface area contributed by atoms with Crippen molar-refractivity contribution < 1.29 is 14.0 Å². The monoisotopic (exact) mass is 313 g/mol. The zero-order chi connectivity index (χ0) is 16.2. The van der Waals surface area contributed by atoms with Crippen LogP contribution in [0.25, 0.3) is 0 Å². The van der Waals surface area contributed by atoms with Gasteiger partial charge in [0.1, 0.15) is 11.5 Å². The Kier molecular flexibility index (Phi) is 4.32. The van der Waals surface area contributed by atoms with Gasteiger partial charge in [0, 0.05) is 25.7 Å². The number of amides is 2. The van der Waals surface area contributed by atoms with E-state index in [1.807, 2.05) is 0 Å². The molecule has 0 radical (unpaired) electrons. The van der Waals surface area contributed by atoms with Gasteiger partial charge in [0.25, 0.3) is 5.91 Å². The van der Waals surface area contributed by atoms with Crippen molar-refractivity contribution in [2.24, 2.45) is 0 Å². The van der Waals surface area contributed by atoms with Crippen LogP contribution < -0.4 is 5.32 Å². The molecule has 1 fully saturated rings. The molecule has 0 bridgehead atoms. The van der Waals surface area contributed by atoms with Crippen LogP contribution in [0.15, 0.2) is 48.7 Å². The fourth-order valence-electron chi connectivity index (χ4n) is 2.63. The van der Waals surface area contributed by atoms with Crippen molar-refractivity contribution in [2.75, 3.05) is 6.54 Å². The summed E-state index contributed by atoms with van der Waals surface area (Å²) < 4.78 is 13.2. The average Bonchev–Trinajstić information content (AvgIpc) is 2.87. The fraction of sp³-hybridized carbons (Fsp3) is 0.235. The zero-order valence-corrected chi connectivity index (χ0v) is 12.4. The number of hydrogen-bond donors (Lipinski definition) is 1. The second kappa shape index (κ2) is 6.56. The number of aromatic nitrogens is 1. The van der Waals surface area contributed by atoms with Gasteiger partial charge in [-0.25, -0.2) is 4.39 Å². The number of rotatable bonds is 4. The Morgan fingerprint density at radius 1 is 1.30 bits per heavy atom. The van der Waals surface area contributed by atoms with Crippen molar-refractivity contribution >= 4 is 11.8 Å². The Morgan fingerprint density at radius 3 is 2.91 bits per heavy atom. The maximum absolute atomic E-state index is 13.2. The van der Waals surface area contributed by atoms with Gasteiger partial charge >= 0.3 is 0 Å². The van der Waals surface area contributed by atoms with Crippen LogP contribution in [0.1, 0.15) is 22.5 Å². The van der Waals surface area contributed by atoms with E-state index in [0.29, 0.717) is 18.8 Å². The topological polar surface area (TPSA) is 62.3 Å². The summed E-state index contributed by atoms with van der Waals surface area (Å²) in [6, 6.07) is 11.0. The van der Waals surface area contributed by atoms with E-state index in [4.69, 9.17) is 0 Å². The number of pyridine rings is 1. The minimum Gasteiger partial charge on any atom is -0.346 e. The number of likely N-dealkylation sites (tertiary alicyclic amines) is 1. The minimum absolute atomic E-state index is 0.0550. The predicted molar refractivity (Wildman–Crippen MR) is 81.9 cm³/mol. The van der Waals surface area contributed by atoms with Crippen molar-refractivity contribution in [3.8, 4) is 0 Å². The summed E-state index contributed by atoms with van der Waals surface area (Å²) in [7, 11) is 0. The second-order valence-electron chi connectivity index (χ2n) is 5.49. The molecule has 1 aromatic heterocycles. The van der Waals surface area contributed by atoms with Gasteiger partial charge in [-0.1, -0.05) is 18.2 Å². The van der Waals surface area contributed by atoms with Crippen LogP contribution in [-0.2, 0) is 11.3 Å². The summed E-state index contributed by atoms with van der Waals surface area (Å²) in [6.45, 7) is 0.750. The molecule has 1 aliphatic rings. The molecule has 23 heavy (non-hydrogen) atoms. The third-order valence-corrected chi connectivity index (χ3v) is 3.71. The first kappa shape index (κ1) is 15.1. The Balaban J connectivity index is 1.60. The number of halogens is 1. The largest absolute Gasteiger partial charge is 0.346 e. The van der Waals surface area contributed by atoms with Crippen molar-refractivity contribution in [2.45, 2.75) is 19.0 Å². The SMILES string of the molecule is O=C(N[C@@H]1CC(=O)N(Cc2cccc(F)c2)C1)c1ccccn1. The summed E-state index contributed by atoms with van der Waals surface area (Å²) in [5, 5.41) is 2.81. The first-order chi connectivity index (χ1) is 11.1. The highest BCUT2D eigenvalue weighted by atomic mass is 19.1. The highest BCUT2D eigenvalue weighted by Crippen LogP contribution is 2.16. The average molecular weight is 313 g/mol. The minimum atomic E-state index is -0.325. The Bertz CT molecular complexity index is 721. The first-order valence-electron chi connectivity index (χ1n) is 7.36. The zero-order valence-electron chi connectivity index (χ0n) is 12.4. The lowest BCUT2D eigenvalue weighted by Gasteiger charge is -2.17. The van der Waals surface area contributed by atoms with Gasteiger partial charge in [-0.3, -0.25) is 14.6 Å². The maximum Gasteiger partial charge on any atom is 0.270 e. The van der Waals surface area contributed by atoms with E-state index in [1.54, 1.807) is 41.4 Å². The van der Waals surface area contributed by atoms with Crippen molar-refractivity contribution in [3.63, 3.8) is 0 Å². The molecular weight excluding hydrogens is 297 g/mol. The molecule has 1 N–H and O–H groups in total. The third kappa shape index (κ3) is 3.71. The van der Waals surface area contributed by atoms with Crippen LogP contribution in [0.5, 0.6) is 0 Å². The van der Waals surface area contributed by atoms with E-state index in [-0.39, 0.29) is 30.1 Å². The molecule has 0 aliphatic carbocycles. The van der Waals surface area contributed by atoms with E-state index in [9.17, 15) is 14.0 Å². The normalized spacial score (nSPS) is 17.3. The molecular formula is C17H16FN3O2. The van der Waals surface area contributed by atoms with E-state index >= 15 is 0 Å². The molecule has 0 unspecified atom stereocenters. The standard InChI is InChI=1S/C17H16FN3O2/c18-13-5-3-4-12(8-13)10-21-11-14(9-16(21)22)20-17(23)15-6-1-2-7-19-15/h1-8,14H,9-11H2,(H,20,23)/t14-/m1/s1. The van der Waals surface area contributed by atoms with Gasteiger partial charge in [0.05, 0.1) is 6.04 Å². The lowest BCUT2D eigenvalue weighted by Crippen LogP contribution is -2.37. The molecule has 118 valence electrons. The number of benzene rings is 1. The molecule has 0 saturated carbocycles. The number of carbonyl (C=O) groups excluding carboxylic acids is 2. The molecule has 1 atom stereocenters. The smallest absolute Gasteiger partial charge is 0.270 e. The number of carbonyl (C=O) groups is 2. The van der Waals surface area contributed by atoms with Crippen molar-refractivity contribution in [1.29, 1.82) is 0 Å². The summed E-state index contributed by atoms with van der Waals surface area (Å²) >= 11 is 0. The molecule has 2 amide bonds. The highest BCUT2D eigenvalue weighted by molar-refractivity contribution is 5.93. The van der Waals surface area contributed by atoms with Gasteiger partial charge in [-0.15, -0.1) is 0 Å². The van der Waals surface area contributed by atoms with Crippen LogP contribution in [0.4, 0.5) is 4.39 Å². The van der Waals surface area contributed by atoms with Gasteiger partial charge in [0.15, 0.2) is 0 Å². The lowest BCUT2D eigenvalue weighted by atomic mass is 10.2. The number of nitrogens with zero attached hydrogens (tertiary/aromatic N) is 2. The molecule has 1 aliphatic heterocycles. The third-order valence-electron chi connectivity index (χ3n) is 3.71. The van der Waals surface area contributed by atoms with Gasteiger partial charge in [-0.05, 0) is 29.8 Å². The van der Waals surface area contributed by atoms with E-state index < -0.39 is 0 Å². The van der Waals surface area contributed by atoms with Crippen molar-refractivity contribution in [1.82, 2.24) is 15.2 Å². The van der Waals surface area contributed by atoms with Crippen LogP contribution >= 0.6 is 0 Å². The summed E-state index contributed by atoms with van der Waals surface area (Å²) in [4.78, 5) is 29.7. The maximum atomic E-state index is 13.2. The predicted octanol–water partition coefficient (Wildman–Crippen LogP) is 1.75. The summed E-state index contributed by atoms with van der Waals surface area (Å²) in [5.74, 6) is -0.675. The van der Waals surface area contributed by atoms with Crippen LogP contribution in [0, 0.1) is 5.82 Å². The molecule has 2 aromatic rings. The van der Waals surface area contributed by atoms with E-state index in [0.717, 1.165) is 5.56 Å². The quantitative estimate of drug-likeness (QED) is 0.935. The molecule has 1 saturated heterocycles. The first-order valence-corrected chi connectivity index (χ1v) is 7.36. The lowest BCUT2D eigenvalue weighted by molar-refractivity contribution is -0.128.